The van der Waals surface area contributed by atoms with E-state index in [4.69, 9.17) is 0 Å². The molecule has 0 bridgehead atoms. The molecule has 1 unspecified atom stereocenters. The van der Waals surface area contributed by atoms with Crippen molar-refractivity contribution in [1.82, 2.24) is 4.90 Å². The van der Waals surface area contributed by atoms with Crippen molar-refractivity contribution in [2.75, 3.05) is 38.6 Å². The third kappa shape index (κ3) is 5.13. The summed E-state index contributed by atoms with van der Waals surface area (Å²) in [5, 5.41) is 9.66. The first-order valence-electron chi connectivity index (χ1n) is 6.83. The summed E-state index contributed by atoms with van der Waals surface area (Å²) in [6, 6.07) is 6.20. The second-order valence-corrected chi connectivity index (χ2v) is 6.03. The van der Waals surface area contributed by atoms with Gasteiger partial charge >= 0.3 is 0 Å². The second-order valence-electron chi connectivity index (χ2n) is 5.17. The number of nitrogens with zero attached hydrogens (tertiary/aromatic N) is 2. The highest BCUT2D eigenvalue weighted by Gasteiger charge is 2.11. The van der Waals surface area contributed by atoms with E-state index in [0.29, 0.717) is 0 Å². The molecule has 0 aliphatic rings. The van der Waals surface area contributed by atoms with Crippen LogP contribution in [-0.2, 0) is 0 Å². The zero-order valence-electron chi connectivity index (χ0n) is 12.4. The molecule has 0 aromatic heterocycles. The maximum Gasteiger partial charge on any atom is 0.0772 e. The molecule has 3 nitrogen and oxygen atoms in total. The van der Waals surface area contributed by atoms with Crippen molar-refractivity contribution in [2.24, 2.45) is 0 Å². The van der Waals surface area contributed by atoms with Crippen molar-refractivity contribution in [3.63, 3.8) is 0 Å². The van der Waals surface area contributed by atoms with Gasteiger partial charge in [0.2, 0.25) is 0 Å². The van der Waals surface area contributed by atoms with Crippen LogP contribution in [0.1, 0.15) is 31.9 Å². The van der Waals surface area contributed by atoms with Gasteiger partial charge in [0.1, 0.15) is 0 Å². The van der Waals surface area contributed by atoms with Crippen LogP contribution in [-0.4, -0.2) is 43.7 Å². The number of rotatable bonds is 7. The minimum absolute atomic E-state index is 0.440. The molecule has 0 saturated heterocycles. The molecule has 4 heteroatoms. The molecule has 108 valence electrons. The Labute approximate surface area is 125 Å². The number of halogens is 1. The van der Waals surface area contributed by atoms with Gasteiger partial charge in [0.25, 0.3) is 0 Å². The van der Waals surface area contributed by atoms with E-state index in [2.05, 4.69) is 58.9 Å². The lowest BCUT2D eigenvalue weighted by molar-refractivity contribution is 0.198. The van der Waals surface area contributed by atoms with Gasteiger partial charge < -0.3 is 14.9 Å². The minimum Gasteiger partial charge on any atom is -0.389 e. The van der Waals surface area contributed by atoms with Crippen LogP contribution in [0.15, 0.2) is 22.7 Å². The van der Waals surface area contributed by atoms with Gasteiger partial charge in [0.15, 0.2) is 0 Å². The summed E-state index contributed by atoms with van der Waals surface area (Å²) >= 11 is 3.55. The van der Waals surface area contributed by atoms with Crippen LogP contribution < -0.4 is 4.90 Å². The highest BCUT2D eigenvalue weighted by molar-refractivity contribution is 9.10. The predicted octanol–water partition coefficient (Wildman–Crippen LogP) is 3.28. The minimum atomic E-state index is -0.440. The van der Waals surface area contributed by atoms with Crippen LogP contribution in [0.2, 0.25) is 0 Å². The van der Waals surface area contributed by atoms with Crippen LogP contribution in [0.25, 0.3) is 0 Å². The third-order valence-electron chi connectivity index (χ3n) is 3.11. The van der Waals surface area contributed by atoms with E-state index in [9.17, 15) is 5.11 Å². The van der Waals surface area contributed by atoms with Gasteiger partial charge in [-0.15, -0.1) is 0 Å². The summed E-state index contributed by atoms with van der Waals surface area (Å²) in [6.45, 7) is 7.09. The van der Waals surface area contributed by atoms with Crippen LogP contribution in [0.4, 0.5) is 5.69 Å². The molecule has 0 amide bonds. The summed E-state index contributed by atoms with van der Waals surface area (Å²) in [6.07, 6.45) is 0.688. The molecule has 0 aliphatic heterocycles. The molecule has 1 rings (SSSR count). The van der Waals surface area contributed by atoms with E-state index >= 15 is 0 Å². The van der Waals surface area contributed by atoms with Crippen LogP contribution in [0.5, 0.6) is 0 Å². The number of aliphatic hydroxyl groups excluding tert-OH is 1. The summed E-state index contributed by atoms with van der Waals surface area (Å²) < 4.78 is 0.978. The molecule has 0 heterocycles. The summed E-state index contributed by atoms with van der Waals surface area (Å²) in [4.78, 5) is 4.58. The maximum atomic E-state index is 9.66. The zero-order valence-corrected chi connectivity index (χ0v) is 13.9. The third-order valence-corrected chi connectivity index (χ3v) is 3.80. The molecule has 0 radical (unpaired) electrons. The molecule has 0 fully saturated rings. The Morgan fingerprint density at radius 2 is 1.89 bits per heavy atom. The fraction of sp³-hybridized carbons (Fsp3) is 0.600. The van der Waals surface area contributed by atoms with Gasteiger partial charge in [-0.1, -0.05) is 28.9 Å². The number of hydrogen-bond acceptors (Lipinski definition) is 3. The Hall–Kier alpha value is -0.580. The van der Waals surface area contributed by atoms with Crippen molar-refractivity contribution in [3.8, 4) is 0 Å². The Kier molecular flexibility index (Phi) is 6.83. The SMILES string of the molecule is CCCN(CCN(C)C)c1ccc(C(C)O)c(Br)c1. The summed E-state index contributed by atoms with van der Waals surface area (Å²) in [7, 11) is 4.19. The van der Waals surface area contributed by atoms with Crippen molar-refractivity contribution in [1.29, 1.82) is 0 Å². The Bertz CT molecular complexity index is 394. The summed E-state index contributed by atoms with van der Waals surface area (Å²) in [5.74, 6) is 0. The monoisotopic (exact) mass is 328 g/mol. The summed E-state index contributed by atoms with van der Waals surface area (Å²) in [5.41, 5.74) is 2.15. The fourth-order valence-corrected chi connectivity index (χ4v) is 2.71. The molecule has 1 atom stereocenters. The van der Waals surface area contributed by atoms with Gasteiger partial charge in [0, 0.05) is 29.8 Å². The van der Waals surface area contributed by atoms with Crippen molar-refractivity contribution in [3.05, 3.63) is 28.2 Å². The quantitative estimate of drug-likeness (QED) is 0.832. The lowest BCUT2D eigenvalue weighted by Gasteiger charge is -2.26. The van der Waals surface area contributed by atoms with Crippen LogP contribution >= 0.6 is 15.9 Å². The molecular weight excluding hydrogens is 304 g/mol. The first-order chi connectivity index (χ1) is 8.95. The maximum absolute atomic E-state index is 9.66. The fourth-order valence-electron chi connectivity index (χ4n) is 2.01. The average molecular weight is 329 g/mol. The van der Waals surface area contributed by atoms with Gasteiger partial charge in [-0.2, -0.15) is 0 Å². The van der Waals surface area contributed by atoms with E-state index < -0.39 is 6.10 Å². The van der Waals surface area contributed by atoms with Gasteiger partial charge in [-0.3, -0.25) is 0 Å². The predicted molar refractivity (Wildman–Crippen MR) is 85.8 cm³/mol. The van der Waals surface area contributed by atoms with Crippen molar-refractivity contribution < 1.29 is 5.11 Å². The van der Waals surface area contributed by atoms with Crippen molar-refractivity contribution >= 4 is 21.6 Å². The van der Waals surface area contributed by atoms with Crippen LogP contribution in [0, 0.1) is 0 Å². The highest BCUT2D eigenvalue weighted by Crippen LogP contribution is 2.28. The molecule has 0 spiro atoms. The Morgan fingerprint density at radius 3 is 2.37 bits per heavy atom. The lowest BCUT2D eigenvalue weighted by Crippen LogP contribution is -2.32. The van der Waals surface area contributed by atoms with Crippen molar-refractivity contribution in [2.45, 2.75) is 26.4 Å². The number of likely N-dealkylation sites (N-methyl/N-ethyl adjacent to an activating group) is 1. The molecule has 0 saturated carbocycles. The average Bonchev–Trinajstić information content (AvgIpc) is 2.33. The van der Waals surface area contributed by atoms with E-state index in [1.165, 1.54) is 5.69 Å². The molecule has 1 N–H and O–H groups in total. The van der Waals surface area contributed by atoms with Crippen LogP contribution in [0.3, 0.4) is 0 Å². The number of aliphatic hydroxyl groups is 1. The largest absolute Gasteiger partial charge is 0.389 e. The Morgan fingerprint density at radius 1 is 1.21 bits per heavy atom. The molecule has 1 aromatic carbocycles. The standard InChI is InChI=1S/C15H25BrN2O/c1-5-8-18(10-9-17(3)4)13-6-7-14(12(2)19)15(16)11-13/h6-7,11-12,19H,5,8-10H2,1-4H3. The van der Waals surface area contributed by atoms with E-state index in [1.54, 1.807) is 6.92 Å². The number of hydrogen-bond donors (Lipinski definition) is 1. The molecule has 0 aliphatic carbocycles. The molecular formula is C15H25BrN2O. The van der Waals surface area contributed by atoms with E-state index in [1.807, 2.05) is 6.07 Å². The smallest absolute Gasteiger partial charge is 0.0772 e. The molecule has 1 aromatic rings. The topological polar surface area (TPSA) is 26.7 Å². The van der Waals surface area contributed by atoms with E-state index in [0.717, 1.165) is 36.1 Å². The Balaban J connectivity index is 2.87. The highest BCUT2D eigenvalue weighted by atomic mass is 79.9. The number of anilines is 1. The van der Waals surface area contributed by atoms with Gasteiger partial charge in [-0.25, -0.2) is 0 Å². The van der Waals surface area contributed by atoms with Gasteiger partial charge in [0.05, 0.1) is 6.10 Å². The zero-order chi connectivity index (χ0) is 14.4. The van der Waals surface area contributed by atoms with E-state index in [-0.39, 0.29) is 0 Å². The first kappa shape index (κ1) is 16.5. The second kappa shape index (κ2) is 7.88. The lowest BCUT2D eigenvalue weighted by atomic mass is 10.1. The van der Waals surface area contributed by atoms with Gasteiger partial charge in [-0.05, 0) is 45.1 Å². The molecule has 19 heavy (non-hydrogen) atoms. The first-order valence-corrected chi connectivity index (χ1v) is 7.62. The number of benzene rings is 1. The normalized spacial score (nSPS) is 12.8.